The second-order valence-corrected chi connectivity index (χ2v) is 12.1. The summed E-state index contributed by atoms with van der Waals surface area (Å²) in [5.41, 5.74) is 7.05. The fourth-order valence-corrected chi connectivity index (χ4v) is 6.49. The van der Waals surface area contributed by atoms with Crippen LogP contribution >= 0.6 is 0 Å². The maximum Gasteiger partial charge on any atom is 0.227 e. The van der Waals surface area contributed by atoms with Crippen molar-refractivity contribution in [2.24, 2.45) is 0 Å². The summed E-state index contributed by atoms with van der Waals surface area (Å²) in [6.45, 7) is 6.62. The minimum absolute atomic E-state index is 0.384. The summed E-state index contributed by atoms with van der Waals surface area (Å²) < 4.78 is 0. The normalized spacial score (nSPS) is 16.2. The van der Waals surface area contributed by atoms with Crippen molar-refractivity contribution in [3.05, 3.63) is 103 Å². The van der Waals surface area contributed by atoms with Gasteiger partial charge in [0.15, 0.2) is 11.5 Å². The maximum atomic E-state index is 5.16. The maximum absolute atomic E-state index is 5.16. The summed E-state index contributed by atoms with van der Waals surface area (Å²) in [5.74, 6) is 2.76. The third kappa shape index (κ3) is 5.96. The van der Waals surface area contributed by atoms with E-state index in [0.717, 1.165) is 110 Å². The van der Waals surface area contributed by atoms with Gasteiger partial charge in [0, 0.05) is 67.5 Å². The quantitative estimate of drug-likeness (QED) is 0.248. The number of likely N-dealkylation sites (tertiary alicyclic amines) is 1. The molecule has 0 aliphatic carbocycles. The topological polar surface area (TPSA) is 112 Å². The van der Waals surface area contributed by atoms with Gasteiger partial charge in [-0.15, -0.1) is 0 Å². The molecule has 6 heterocycles. The number of anilines is 1. The molecule has 4 aromatic heterocycles. The van der Waals surface area contributed by atoms with Crippen LogP contribution in [-0.2, 0) is 6.54 Å². The Morgan fingerprint density at radius 3 is 2.35 bits per heavy atom. The zero-order valence-electron chi connectivity index (χ0n) is 25.7. The van der Waals surface area contributed by atoms with Gasteiger partial charge < -0.3 is 10.2 Å². The monoisotopic (exact) mass is 608 g/mol. The number of nitrogens with one attached hydrogen (secondary N) is 2. The Hall–Kier alpha value is -5.06. The number of rotatable bonds is 7. The fourth-order valence-electron chi connectivity index (χ4n) is 6.49. The Bertz CT molecular complexity index is 1910. The van der Waals surface area contributed by atoms with Crippen LogP contribution in [0.2, 0.25) is 0 Å². The van der Waals surface area contributed by atoms with E-state index in [1.54, 1.807) is 6.20 Å². The van der Waals surface area contributed by atoms with E-state index in [0.29, 0.717) is 11.7 Å². The molecule has 0 radical (unpaired) electrons. The second kappa shape index (κ2) is 12.7. The molecule has 0 bridgehead atoms. The van der Waals surface area contributed by atoms with E-state index in [1.165, 1.54) is 5.56 Å². The fraction of sp³-hybridized carbons (Fsp3) is 0.278. The van der Waals surface area contributed by atoms with Crippen LogP contribution in [0.15, 0.2) is 91.3 Å². The first-order valence-corrected chi connectivity index (χ1v) is 16.1. The lowest BCUT2D eigenvalue weighted by Gasteiger charge is -2.31. The summed E-state index contributed by atoms with van der Waals surface area (Å²) in [6, 6.07) is 27.3. The van der Waals surface area contributed by atoms with Crippen molar-refractivity contribution in [1.82, 2.24) is 45.3 Å². The largest absolute Gasteiger partial charge is 0.338 e. The lowest BCUT2D eigenvalue weighted by atomic mass is 9.95. The van der Waals surface area contributed by atoms with E-state index in [-0.39, 0.29) is 0 Å². The Morgan fingerprint density at radius 2 is 1.57 bits per heavy atom. The molecule has 2 saturated heterocycles. The summed E-state index contributed by atoms with van der Waals surface area (Å²) in [5, 5.41) is 11.9. The molecule has 2 aliphatic rings. The minimum atomic E-state index is 0.384. The molecule has 10 nitrogen and oxygen atoms in total. The van der Waals surface area contributed by atoms with Gasteiger partial charge in [-0.3, -0.25) is 15.0 Å². The highest BCUT2D eigenvalue weighted by Gasteiger charge is 2.24. The average Bonchev–Trinajstić information content (AvgIpc) is 3.63. The van der Waals surface area contributed by atoms with Gasteiger partial charge in [0.05, 0.1) is 5.69 Å². The number of aromatic amines is 1. The number of hydrogen-bond donors (Lipinski definition) is 2. The summed E-state index contributed by atoms with van der Waals surface area (Å²) in [6.07, 6.45) is 5.79. The van der Waals surface area contributed by atoms with Crippen LogP contribution in [0.1, 0.15) is 30.1 Å². The molecule has 0 unspecified atom stereocenters. The van der Waals surface area contributed by atoms with E-state index < -0.39 is 0 Å². The van der Waals surface area contributed by atoms with Crippen LogP contribution in [0.4, 0.5) is 5.95 Å². The van der Waals surface area contributed by atoms with Gasteiger partial charge in [-0.25, -0.2) is 15.0 Å². The zero-order chi connectivity index (χ0) is 30.7. The van der Waals surface area contributed by atoms with E-state index >= 15 is 0 Å². The first kappa shape index (κ1) is 28.4. The highest BCUT2D eigenvalue weighted by Crippen LogP contribution is 2.34. The van der Waals surface area contributed by atoms with Crippen molar-refractivity contribution in [1.29, 1.82) is 0 Å². The number of aromatic nitrogens is 7. The van der Waals surface area contributed by atoms with Crippen molar-refractivity contribution in [2.75, 3.05) is 44.2 Å². The molecule has 230 valence electrons. The molecule has 10 heteroatoms. The van der Waals surface area contributed by atoms with Crippen LogP contribution in [0, 0.1) is 0 Å². The number of hydrogen-bond acceptors (Lipinski definition) is 9. The Balaban J connectivity index is 0.992. The van der Waals surface area contributed by atoms with E-state index in [4.69, 9.17) is 19.9 Å². The number of piperidine rings is 1. The number of pyridine rings is 2. The molecule has 46 heavy (non-hydrogen) atoms. The standard InChI is InChI=1S/C36H36N10/c1-2-6-26(7-3-1)30-22-29-23-39-36(46-20-16-37-17-21-46)42-33(29)40-32(30)27-11-9-25(10-12-27)24-45-18-13-28(14-19-45)34-41-35(44-43-34)31-8-4-5-15-38-31/h1-12,15,22-23,28,37H,13-14,16-21,24H2,(H,41,43,44). The van der Waals surface area contributed by atoms with Crippen molar-refractivity contribution in [3.63, 3.8) is 0 Å². The second-order valence-electron chi connectivity index (χ2n) is 12.1. The number of benzene rings is 2. The molecule has 0 saturated carbocycles. The molecular formula is C36H36N10. The molecule has 2 N–H and O–H groups in total. The van der Waals surface area contributed by atoms with Crippen molar-refractivity contribution < 1.29 is 0 Å². The van der Waals surface area contributed by atoms with Gasteiger partial charge >= 0.3 is 0 Å². The Kier molecular flexibility index (Phi) is 7.87. The van der Waals surface area contributed by atoms with Gasteiger partial charge in [-0.05, 0) is 55.3 Å². The lowest BCUT2D eigenvalue weighted by Crippen LogP contribution is -2.44. The molecule has 2 fully saturated rings. The molecular weight excluding hydrogens is 572 g/mol. The zero-order valence-corrected chi connectivity index (χ0v) is 25.7. The van der Waals surface area contributed by atoms with Gasteiger partial charge in [0.25, 0.3) is 0 Å². The predicted octanol–water partition coefficient (Wildman–Crippen LogP) is 5.33. The van der Waals surface area contributed by atoms with Crippen molar-refractivity contribution >= 4 is 17.0 Å². The highest BCUT2D eigenvalue weighted by atomic mass is 15.3. The van der Waals surface area contributed by atoms with Crippen LogP contribution in [-0.4, -0.2) is 79.3 Å². The Morgan fingerprint density at radius 1 is 0.761 bits per heavy atom. The molecule has 0 atom stereocenters. The summed E-state index contributed by atoms with van der Waals surface area (Å²) in [4.78, 5) is 28.7. The molecule has 6 aromatic rings. The number of fused-ring (bicyclic) bond motifs is 1. The molecule has 2 aromatic carbocycles. The molecule has 0 amide bonds. The van der Waals surface area contributed by atoms with Gasteiger partial charge in [0.1, 0.15) is 11.5 Å². The van der Waals surface area contributed by atoms with Crippen molar-refractivity contribution in [2.45, 2.75) is 25.3 Å². The minimum Gasteiger partial charge on any atom is -0.338 e. The van der Waals surface area contributed by atoms with Crippen LogP contribution in [0.25, 0.3) is 44.9 Å². The third-order valence-electron chi connectivity index (χ3n) is 9.05. The summed E-state index contributed by atoms with van der Waals surface area (Å²) >= 11 is 0. The van der Waals surface area contributed by atoms with Crippen LogP contribution < -0.4 is 10.2 Å². The molecule has 2 aliphatic heterocycles. The van der Waals surface area contributed by atoms with E-state index in [1.807, 2.05) is 30.5 Å². The number of piperazine rings is 1. The first-order chi connectivity index (χ1) is 22.8. The van der Waals surface area contributed by atoms with Gasteiger partial charge in [0.2, 0.25) is 5.95 Å². The van der Waals surface area contributed by atoms with Crippen LogP contribution in [0.3, 0.4) is 0 Å². The van der Waals surface area contributed by atoms with Crippen molar-refractivity contribution in [3.8, 4) is 33.9 Å². The van der Waals surface area contributed by atoms with E-state index in [2.05, 4.69) is 84.9 Å². The van der Waals surface area contributed by atoms with E-state index in [9.17, 15) is 0 Å². The third-order valence-corrected chi connectivity index (χ3v) is 9.05. The Labute approximate surface area is 268 Å². The highest BCUT2D eigenvalue weighted by molar-refractivity contribution is 5.90. The number of H-pyrrole nitrogens is 1. The van der Waals surface area contributed by atoms with Gasteiger partial charge in [-0.1, -0.05) is 60.7 Å². The summed E-state index contributed by atoms with van der Waals surface area (Å²) in [7, 11) is 0. The predicted molar refractivity (Wildman–Crippen MR) is 180 cm³/mol. The number of nitrogens with zero attached hydrogens (tertiary/aromatic N) is 8. The average molecular weight is 609 g/mol. The first-order valence-electron chi connectivity index (χ1n) is 16.1. The molecule has 0 spiro atoms. The van der Waals surface area contributed by atoms with Crippen LogP contribution in [0.5, 0.6) is 0 Å². The molecule has 8 rings (SSSR count). The smallest absolute Gasteiger partial charge is 0.227 e. The van der Waals surface area contributed by atoms with Gasteiger partial charge in [-0.2, -0.15) is 10.1 Å². The SMILES string of the molecule is c1ccc(-c2cc3cnc(N4CCNCC4)nc3nc2-c2ccc(CN3CCC(c4nc(-c5ccccn5)n[nH]4)CC3)cc2)cc1. The lowest BCUT2D eigenvalue weighted by molar-refractivity contribution is 0.202.